The average molecular weight is 308 g/mol. The third kappa shape index (κ3) is 3.59. The van der Waals surface area contributed by atoms with Crippen LogP contribution < -0.4 is 0 Å². The number of carbonyl (C=O) groups excluding carboxylic acids is 1. The molecule has 2 aromatic rings. The lowest BCUT2D eigenvalue weighted by Gasteiger charge is -2.04. The molecule has 2 aromatic carbocycles. The molecule has 0 spiro atoms. The van der Waals surface area contributed by atoms with Gasteiger partial charge in [0, 0.05) is 22.4 Å². The van der Waals surface area contributed by atoms with Crippen molar-refractivity contribution in [2.75, 3.05) is 0 Å². The van der Waals surface area contributed by atoms with Crippen molar-refractivity contribution >= 4 is 35.3 Å². The monoisotopic (exact) mass is 307 g/mol. The molecule has 0 saturated carbocycles. The number of halogens is 1. The van der Waals surface area contributed by atoms with Gasteiger partial charge < -0.3 is 0 Å². The quantitative estimate of drug-likeness (QED) is 0.356. The molecular formula is C14H10ClNO3S. The van der Waals surface area contributed by atoms with Crippen molar-refractivity contribution in [3.8, 4) is 0 Å². The standard InChI is InChI=1S/C14H10ClNO3S/c15-12-4-1-10(2-5-12)9-20-14-6-3-11(8-17)7-13(14)16(18)19/h1-8H,9H2. The third-order valence-corrected chi connectivity index (χ3v) is 4.01. The van der Waals surface area contributed by atoms with Gasteiger partial charge in [0.15, 0.2) is 0 Å². The number of nitro groups is 1. The van der Waals surface area contributed by atoms with E-state index in [2.05, 4.69) is 0 Å². The molecule has 2 rings (SSSR count). The largest absolute Gasteiger partial charge is 0.298 e. The number of rotatable bonds is 5. The summed E-state index contributed by atoms with van der Waals surface area (Å²) in [7, 11) is 0. The maximum Gasteiger partial charge on any atom is 0.283 e. The molecule has 0 amide bonds. The SMILES string of the molecule is O=Cc1ccc(SCc2ccc(Cl)cc2)c([N+](=O)[O-])c1. The van der Waals surface area contributed by atoms with E-state index in [4.69, 9.17) is 11.6 Å². The molecule has 0 radical (unpaired) electrons. The molecular weight excluding hydrogens is 298 g/mol. The molecule has 6 heteroatoms. The van der Waals surface area contributed by atoms with Crippen molar-refractivity contribution in [1.82, 2.24) is 0 Å². The molecule has 0 bridgehead atoms. The van der Waals surface area contributed by atoms with E-state index in [1.807, 2.05) is 12.1 Å². The Bertz CT molecular complexity index is 643. The molecule has 0 aliphatic rings. The van der Waals surface area contributed by atoms with Gasteiger partial charge in [-0.15, -0.1) is 11.8 Å². The fourth-order valence-electron chi connectivity index (χ4n) is 1.61. The second-order valence-electron chi connectivity index (χ2n) is 4.02. The van der Waals surface area contributed by atoms with Crippen LogP contribution in [0.2, 0.25) is 5.02 Å². The number of hydrogen-bond acceptors (Lipinski definition) is 4. The molecule has 0 saturated heterocycles. The van der Waals surface area contributed by atoms with Gasteiger partial charge in [-0.05, 0) is 23.8 Å². The summed E-state index contributed by atoms with van der Waals surface area (Å²) >= 11 is 7.15. The number of aldehydes is 1. The summed E-state index contributed by atoms with van der Waals surface area (Å²) in [5, 5.41) is 11.7. The number of carbonyl (C=O) groups is 1. The zero-order valence-electron chi connectivity index (χ0n) is 10.3. The van der Waals surface area contributed by atoms with Crippen molar-refractivity contribution in [1.29, 1.82) is 0 Å². The summed E-state index contributed by atoms with van der Waals surface area (Å²) in [6.45, 7) is 0. The van der Waals surface area contributed by atoms with Crippen LogP contribution in [-0.2, 0) is 5.75 Å². The van der Waals surface area contributed by atoms with Crippen LogP contribution in [0.3, 0.4) is 0 Å². The van der Waals surface area contributed by atoms with E-state index in [-0.39, 0.29) is 5.69 Å². The molecule has 0 atom stereocenters. The van der Waals surface area contributed by atoms with E-state index in [1.165, 1.54) is 17.8 Å². The molecule has 0 N–H and O–H groups in total. The first-order valence-corrected chi connectivity index (χ1v) is 7.07. The Labute approximate surface area is 124 Å². The Balaban J connectivity index is 2.18. The minimum absolute atomic E-state index is 0.0476. The normalized spacial score (nSPS) is 10.2. The topological polar surface area (TPSA) is 60.2 Å². The van der Waals surface area contributed by atoms with Crippen LogP contribution in [0.1, 0.15) is 15.9 Å². The van der Waals surface area contributed by atoms with E-state index in [0.717, 1.165) is 5.56 Å². The fourth-order valence-corrected chi connectivity index (χ4v) is 2.70. The van der Waals surface area contributed by atoms with Crippen LogP contribution in [0.15, 0.2) is 47.4 Å². The first kappa shape index (κ1) is 14.6. The third-order valence-electron chi connectivity index (χ3n) is 2.62. The Morgan fingerprint density at radius 1 is 1.20 bits per heavy atom. The Morgan fingerprint density at radius 2 is 1.90 bits per heavy atom. The minimum Gasteiger partial charge on any atom is -0.298 e. The van der Waals surface area contributed by atoms with Crippen molar-refractivity contribution in [3.05, 3.63) is 68.7 Å². The van der Waals surface area contributed by atoms with Crippen LogP contribution >= 0.6 is 23.4 Å². The van der Waals surface area contributed by atoms with E-state index in [1.54, 1.807) is 24.3 Å². The highest BCUT2D eigenvalue weighted by Gasteiger charge is 2.15. The summed E-state index contributed by atoms with van der Waals surface area (Å²) in [5.74, 6) is 0.596. The maximum atomic E-state index is 11.0. The van der Waals surface area contributed by atoms with Crippen molar-refractivity contribution in [3.63, 3.8) is 0 Å². The highest BCUT2D eigenvalue weighted by molar-refractivity contribution is 7.98. The number of benzene rings is 2. The summed E-state index contributed by atoms with van der Waals surface area (Å²) < 4.78 is 0. The smallest absolute Gasteiger partial charge is 0.283 e. The lowest BCUT2D eigenvalue weighted by Crippen LogP contribution is -1.93. The Morgan fingerprint density at radius 3 is 2.50 bits per heavy atom. The second-order valence-corrected chi connectivity index (χ2v) is 5.47. The zero-order chi connectivity index (χ0) is 14.5. The zero-order valence-corrected chi connectivity index (χ0v) is 11.9. The van der Waals surface area contributed by atoms with Crippen molar-refractivity contribution in [2.45, 2.75) is 10.6 Å². The summed E-state index contributed by atoms with van der Waals surface area (Å²) in [6, 6.07) is 11.8. The fraction of sp³-hybridized carbons (Fsp3) is 0.0714. The molecule has 102 valence electrons. The Hall–Kier alpha value is -1.85. The maximum absolute atomic E-state index is 11.0. The van der Waals surface area contributed by atoms with Crippen LogP contribution in [-0.4, -0.2) is 11.2 Å². The highest BCUT2D eigenvalue weighted by atomic mass is 35.5. The van der Waals surface area contributed by atoms with E-state index in [9.17, 15) is 14.9 Å². The van der Waals surface area contributed by atoms with Crippen molar-refractivity contribution < 1.29 is 9.72 Å². The summed E-state index contributed by atoms with van der Waals surface area (Å²) in [5.41, 5.74) is 1.27. The molecule has 0 heterocycles. The molecule has 0 unspecified atom stereocenters. The Kier molecular flexibility index (Phi) is 4.76. The van der Waals surface area contributed by atoms with Gasteiger partial charge in [0.2, 0.25) is 0 Å². The summed E-state index contributed by atoms with van der Waals surface area (Å²) in [4.78, 5) is 21.7. The molecule has 0 aliphatic heterocycles. The van der Waals surface area contributed by atoms with Gasteiger partial charge in [0.25, 0.3) is 5.69 Å². The molecule has 0 aliphatic carbocycles. The minimum atomic E-state index is -0.475. The van der Waals surface area contributed by atoms with Gasteiger partial charge in [-0.25, -0.2) is 0 Å². The predicted octanol–water partition coefficient (Wildman–Crippen LogP) is 4.35. The van der Waals surface area contributed by atoms with Gasteiger partial charge >= 0.3 is 0 Å². The first-order chi connectivity index (χ1) is 9.60. The molecule has 20 heavy (non-hydrogen) atoms. The van der Waals surface area contributed by atoms with Gasteiger partial charge in [0.1, 0.15) is 6.29 Å². The lowest BCUT2D eigenvalue weighted by molar-refractivity contribution is -0.387. The molecule has 0 fully saturated rings. The van der Waals surface area contributed by atoms with E-state index >= 15 is 0 Å². The van der Waals surface area contributed by atoms with Crippen LogP contribution in [0, 0.1) is 10.1 Å². The van der Waals surface area contributed by atoms with Crippen LogP contribution in [0.5, 0.6) is 0 Å². The van der Waals surface area contributed by atoms with Crippen LogP contribution in [0.4, 0.5) is 5.69 Å². The van der Waals surface area contributed by atoms with Gasteiger partial charge in [-0.1, -0.05) is 29.8 Å². The van der Waals surface area contributed by atoms with Crippen molar-refractivity contribution in [2.24, 2.45) is 0 Å². The number of nitro benzene ring substituents is 1. The van der Waals surface area contributed by atoms with Crippen LogP contribution in [0.25, 0.3) is 0 Å². The second kappa shape index (κ2) is 6.54. The van der Waals surface area contributed by atoms with Gasteiger partial charge in [-0.3, -0.25) is 14.9 Å². The predicted molar refractivity (Wildman–Crippen MR) is 79.5 cm³/mol. The molecule has 4 nitrogen and oxygen atoms in total. The number of nitrogens with zero attached hydrogens (tertiary/aromatic N) is 1. The van der Waals surface area contributed by atoms with Gasteiger partial charge in [-0.2, -0.15) is 0 Å². The first-order valence-electron chi connectivity index (χ1n) is 5.71. The highest BCUT2D eigenvalue weighted by Crippen LogP contribution is 2.32. The van der Waals surface area contributed by atoms with Gasteiger partial charge in [0.05, 0.1) is 9.82 Å². The molecule has 0 aromatic heterocycles. The lowest BCUT2D eigenvalue weighted by atomic mass is 10.2. The average Bonchev–Trinajstić information content (AvgIpc) is 2.46. The summed E-state index contributed by atoms with van der Waals surface area (Å²) in [6.07, 6.45) is 0.598. The van der Waals surface area contributed by atoms with E-state index < -0.39 is 4.92 Å². The van der Waals surface area contributed by atoms with E-state index in [0.29, 0.717) is 27.5 Å². The number of thioether (sulfide) groups is 1. The number of hydrogen-bond donors (Lipinski definition) is 0.